The Kier molecular flexibility index (Phi) is 10.2. The Hall–Kier alpha value is -1.51. The Labute approximate surface area is 126 Å². The first-order valence-electron chi connectivity index (χ1n) is 7.46. The molecule has 0 N–H and O–H groups in total. The van der Waals surface area contributed by atoms with Crippen molar-refractivity contribution < 1.29 is 23.7 Å². The molecule has 1 rings (SSSR count). The van der Waals surface area contributed by atoms with Gasteiger partial charge in [-0.25, -0.2) is 4.79 Å². The first-order chi connectivity index (χ1) is 10.3. The number of hydrogen-bond donors (Lipinski definition) is 0. The highest BCUT2D eigenvalue weighted by Crippen LogP contribution is 2.13. The Morgan fingerprint density at radius 3 is 3.05 bits per heavy atom. The molecule has 1 atom stereocenters. The largest absolute Gasteiger partial charge is 0.488 e. The lowest BCUT2D eigenvalue weighted by molar-refractivity contribution is -0.162. The van der Waals surface area contributed by atoms with Crippen molar-refractivity contribution in [1.29, 1.82) is 0 Å². The van der Waals surface area contributed by atoms with Crippen LogP contribution in [0.15, 0.2) is 12.3 Å². The standard InChI is InChI=1S/C16H24O5/c1-2-19-15(17)10-14-18-11-6-3-4-7-12-20-16-9-5-8-13-21-16/h10,14,16H,2,4-5,7-9,11-13H2,1H3/b14-10+. The molecule has 0 amide bonds. The molecule has 21 heavy (non-hydrogen) atoms. The van der Waals surface area contributed by atoms with Gasteiger partial charge >= 0.3 is 5.97 Å². The van der Waals surface area contributed by atoms with Gasteiger partial charge in [-0.3, -0.25) is 0 Å². The van der Waals surface area contributed by atoms with Crippen molar-refractivity contribution in [3.8, 4) is 11.8 Å². The molecule has 118 valence electrons. The van der Waals surface area contributed by atoms with E-state index in [4.69, 9.17) is 18.9 Å². The molecule has 0 aliphatic carbocycles. The summed E-state index contributed by atoms with van der Waals surface area (Å²) in [6, 6.07) is 0. The van der Waals surface area contributed by atoms with Crippen molar-refractivity contribution in [3.05, 3.63) is 12.3 Å². The molecule has 1 aliphatic heterocycles. The number of hydrogen-bond acceptors (Lipinski definition) is 5. The average molecular weight is 296 g/mol. The number of rotatable bonds is 8. The second kappa shape index (κ2) is 12.2. The van der Waals surface area contributed by atoms with Gasteiger partial charge < -0.3 is 18.9 Å². The molecule has 5 heteroatoms. The molecule has 1 fully saturated rings. The average Bonchev–Trinajstić information content (AvgIpc) is 2.50. The number of esters is 1. The summed E-state index contributed by atoms with van der Waals surface area (Å²) in [7, 11) is 0. The van der Waals surface area contributed by atoms with Gasteiger partial charge in [0, 0.05) is 13.0 Å². The molecule has 1 heterocycles. The summed E-state index contributed by atoms with van der Waals surface area (Å²) in [6.45, 7) is 3.85. The van der Waals surface area contributed by atoms with E-state index in [1.54, 1.807) is 6.92 Å². The van der Waals surface area contributed by atoms with Gasteiger partial charge in [0.15, 0.2) is 6.29 Å². The van der Waals surface area contributed by atoms with Gasteiger partial charge in [0.1, 0.15) is 6.61 Å². The molecule has 1 aliphatic rings. The Morgan fingerprint density at radius 2 is 2.29 bits per heavy atom. The van der Waals surface area contributed by atoms with Crippen LogP contribution in [-0.4, -0.2) is 38.7 Å². The lowest BCUT2D eigenvalue weighted by Crippen LogP contribution is -2.22. The summed E-state index contributed by atoms with van der Waals surface area (Å²) < 4.78 is 20.8. The minimum Gasteiger partial charge on any atom is -0.488 e. The molecule has 5 nitrogen and oxygen atoms in total. The van der Waals surface area contributed by atoms with E-state index in [9.17, 15) is 4.79 Å². The molecule has 0 spiro atoms. The van der Waals surface area contributed by atoms with Gasteiger partial charge in [-0.2, -0.15) is 0 Å². The highest BCUT2D eigenvalue weighted by Gasteiger charge is 2.12. The van der Waals surface area contributed by atoms with Crippen LogP contribution in [0.5, 0.6) is 0 Å². The van der Waals surface area contributed by atoms with Crippen LogP contribution in [0.2, 0.25) is 0 Å². The fraction of sp³-hybridized carbons (Fsp3) is 0.688. The predicted molar refractivity (Wildman–Crippen MR) is 78.3 cm³/mol. The van der Waals surface area contributed by atoms with Gasteiger partial charge in [-0.15, -0.1) is 0 Å². The number of carbonyl (C=O) groups is 1. The monoisotopic (exact) mass is 296 g/mol. The Morgan fingerprint density at radius 1 is 1.38 bits per heavy atom. The number of unbranched alkanes of at least 4 members (excludes halogenated alkanes) is 1. The van der Waals surface area contributed by atoms with Gasteiger partial charge in [-0.1, -0.05) is 11.8 Å². The van der Waals surface area contributed by atoms with Crippen molar-refractivity contribution in [1.82, 2.24) is 0 Å². The molecule has 1 saturated heterocycles. The third-order valence-corrected chi connectivity index (χ3v) is 2.76. The van der Waals surface area contributed by atoms with Crippen molar-refractivity contribution in [2.45, 2.75) is 45.3 Å². The van der Waals surface area contributed by atoms with Crippen LogP contribution >= 0.6 is 0 Å². The fourth-order valence-electron chi connectivity index (χ4n) is 1.74. The third-order valence-electron chi connectivity index (χ3n) is 2.76. The van der Waals surface area contributed by atoms with Crippen LogP contribution in [0.4, 0.5) is 0 Å². The maximum atomic E-state index is 10.9. The molecule has 0 saturated carbocycles. The summed E-state index contributed by atoms with van der Waals surface area (Å²) in [4.78, 5) is 10.9. The smallest absolute Gasteiger partial charge is 0.333 e. The summed E-state index contributed by atoms with van der Waals surface area (Å²) in [5.41, 5.74) is 0. The quantitative estimate of drug-likeness (QED) is 0.226. The van der Waals surface area contributed by atoms with Crippen molar-refractivity contribution in [2.75, 3.05) is 26.4 Å². The lowest BCUT2D eigenvalue weighted by atomic mass is 10.2. The van der Waals surface area contributed by atoms with Crippen LogP contribution in [0, 0.1) is 11.8 Å². The predicted octanol–water partition coefficient (Wildman–Crippen LogP) is 2.41. The van der Waals surface area contributed by atoms with Gasteiger partial charge in [0.2, 0.25) is 0 Å². The van der Waals surface area contributed by atoms with E-state index >= 15 is 0 Å². The van der Waals surface area contributed by atoms with E-state index in [-0.39, 0.29) is 12.9 Å². The molecule has 0 aromatic heterocycles. The van der Waals surface area contributed by atoms with Crippen molar-refractivity contribution in [2.24, 2.45) is 0 Å². The minimum atomic E-state index is -0.410. The van der Waals surface area contributed by atoms with Crippen LogP contribution in [0.3, 0.4) is 0 Å². The van der Waals surface area contributed by atoms with Gasteiger partial charge in [0.05, 0.1) is 25.6 Å². The second-order valence-corrected chi connectivity index (χ2v) is 4.49. The summed E-state index contributed by atoms with van der Waals surface area (Å²) in [5, 5.41) is 0. The molecular formula is C16H24O5. The SMILES string of the molecule is CCOC(=O)/C=C/OCC#CCCCOC1CCCCO1. The summed E-state index contributed by atoms with van der Waals surface area (Å²) >= 11 is 0. The van der Waals surface area contributed by atoms with E-state index in [0.717, 1.165) is 32.3 Å². The normalized spacial score (nSPS) is 18.0. The first-order valence-corrected chi connectivity index (χ1v) is 7.46. The third kappa shape index (κ3) is 9.94. The molecule has 0 aromatic carbocycles. The number of ether oxygens (including phenoxy) is 4. The lowest BCUT2D eigenvalue weighted by Gasteiger charge is -2.22. The van der Waals surface area contributed by atoms with Crippen LogP contribution in [0.1, 0.15) is 39.0 Å². The minimum absolute atomic E-state index is 0.0249. The molecule has 0 aromatic rings. The van der Waals surface area contributed by atoms with E-state index in [1.807, 2.05) is 0 Å². The first kappa shape index (κ1) is 17.5. The molecule has 0 radical (unpaired) electrons. The zero-order valence-electron chi connectivity index (χ0n) is 12.6. The van der Waals surface area contributed by atoms with Crippen molar-refractivity contribution >= 4 is 5.97 Å². The maximum Gasteiger partial charge on any atom is 0.333 e. The topological polar surface area (TPSA) is 54.0 Å². The summed E-state index contributed by atoms with van der Waals surface area (Å²) in [6.07, 6.45) is 7.47. The molecule has 1 unspecified atom stereocenters. The zero-order chi connectivity index (χ0) is 15.2. The van der Waals surface area contributed by atoms with Gasteiger partial charge in [-0.05, 0) is 32.6 Å². The molecule has 0 bridgehead atoms. The van der Waals surface area contributed by atoms with E-state index in [1.165, 1.54) is 18.8 Å². The van der Waals surface area contributed by atoms with E-state index in [0.29, 0.717) is 13.2 Å². The highest BCUT2D eigenvalue weighted by molar-refractivity contribution is 5.81. The number of carbonyl (C=O) groups excluding carboxylic acids is 1. The summed E-state index contributed by atoms with van der Waals surface area (Å²) in [5.74, 6) is 5.45. The van der Waals surface area contributed by atoms with E-state index in [2.05, 4.69) is 11.8 Å². The van der Waals surface area contributed by atoms with E-state index < -0.39 is 5.97 Å². The van der Waals surface area contributed by atoms with Crippen LogP contribution in [-0.2, 0) is 23.7 Å². The van der Waals surface area contributed by atoms with Gasteiger partial charge in [0.25, 0.3) is 0 Å². The van der Waals surface area contributed by atoms with Crippen LogP contribution in [0.25, 0.3) is 0 Å². The van der Waals surface area contributed by atoms with Crippen LogP contribution < -0.4 is 0 Å². The Bertz CT molecular complexity index is 361. The maximum absolute atomic E-state index is 10.9. The van der Waals surface area contributed by atoms with Crippen molar-refractivity contribution in [3.63, 3.8) is 0 Å². The Balaban J connectivity index is 1.92. The second-order valence-electron chi connectivity index (χ2n) is 4.49. The highest BCUT2D eigenvalue weighted by atomic mass is 16.7. The zero-order valence-corrected chi connectivity index (χ0v) is 12.6. The fourth-order valence-corrected chi connectivity index (χ4v) is 1.74. The molecular weight excluding hydrogens is 272 g/mol.